The quantitative estimate of drug-likeness (QED) is 0.404. The molecule has 0 aromatic heterocycles. The lowest BCUT2D eigenvalue weighted by Gasteiger charge is -2.19. The highest BCUT2D eigenvalue weighted by atomic mass is 16.5. The van der Waals surface area contributed by atoms with Crippen LogP contribution < -0.4 is 11.3 Å². The zero-order chi connectivity index (χ0) is 8.69. The molecule has 1 atom stereocenters. The fourth-order valence-corrected chi connectivity index (χ4v) is 0.854. The van der Waals surface area contributed by atoms with E-state index in [0.29, 0.717) is 6.61 Å². The molecule has 0 aliphatic heterocycles. The maximum atomic E-state index is 5.31. The molecule has 4 heteroatoms. The van der Waals surface area contributed by atoms with E-state index in [-0.39, 0.29) is 6.04 Å². The number of nitrogens with zero attached hydrogens (tertiary/aromatic N) is 1. The van der Waals surface area contributed by atoms with Crippen LogP contribution >= 0.6 is 0 Å². The molecule has 68 valence electrons. The third-order valence-corrected chi connectivity index (χ3v) is 1.34. The Hall–Kier alpha value is -0.160. The van der Waals surface area contributed by atoms with E-state index in [1.807, 2.05) is 21.0 Å². The van der Waals surface area contributed by atoms with Crippen molar-refractivity contribution in [2.24, 2.45) is 5.84 Å². The first kappa shape index (κ1) is 10.8. The molecule has 0 aromatic rings. The number of ether oxygens (including phenoxy) is 1. The van der Waals surface area contributed by atoms with Gasteiger partial charge in [-0.15, -0.1) is 0 Å². The molecule has 0 heterocycles. The normalized spacial score (nSPS) is 13.9. The summed E-state index contributed by atoms with van der Waals surface area (Å²) in [6, 6.07) is 0.227. The van der Waals surface area contributed by atoms with Crippen molar-refractivity contribution in [2.75, 3.05) is 33.9 Å². The van der Waals surface area contributed by atoms with Crippen molar-refractivity contribution < 1.29 is 4.74 Å². The fourth-order valence-electron chi connectivity index (χ4n) is 0.854. The van der Waals surface area contributed by atoms with Crippen LogP contribution in [0.25, 0.3) is 0 Å². The van der Waals surface area contributed by atoms with Gasteiger partial charge < -0.3 is 9.64 Å². The Kier molecular flexibility index (Phi) is 6.45. The summed E-state index contributed by atoms with van der Waals surface area (Å²) in [5.74, 6) is 5.31. The van der Waals surface area contributed by atoms with Gasteiger partial charge in [0.25, 0.3) is 0 Å². The smallest absolute Gasteiger partial charge is 0.0645 e. The molecule has 0 fully saturated rings. The zero-order valence-electron chi connectivity index (χ0n) is 7.63. The molecule has 0 rings (SSSR count). The van der Waals surface area contributed by atoms with Gasteiger partial charge in [-0.2, -0.15) is 0 Å². The standard InChI is InChI=1S/C7H19N3O/c1-4-11-6-7(9-8)5-10(2)3/h7,9H,4-6,8H2,1-3H3. The SMILES string of the molecule is CCOCC(CN(C)C)NN. The van der Waals surface area contributed by atoms with Gasteiger partial charge in [-0.05, 0) is 21.0 Å². The largest absolute Gasteiger partial charge is 0.380 e. The zero-order valence-corrected chi connectivity index (χ0v) is 7.63. The second-order valence-corrected chi connectivity index (χ2v) is 2.79. The van der Waals surface area contributed by atoms with Crippen molar-refractivity contribution in [3.8, 4) is 0 Å². The fraction of sp³-hybridized carbons (Fsp3) is 1.00. The van der Waals surface area contributed by atoms with Gasteiger partial charge in [-0.3, -0.25) is 11.3 Å². The molecular formula is C7H19N3O. The van der Waals surface area contributed by atoms with Gasteiger partial charge in [0.05, 0.1) is 12.6 Å². The number of hydrogen-bond donors (Lipinski definition) is 2. The van der Waals surface area contributed by atoms with Crippen molar-refractivity contribution in [2.45, 2.75) is 13.0 Å². The summed E-state index contributed by atoms with van der Waals surface area (Å²) in [5.41, 5.74) is 2.70. The Morgan fingerprint density at radius 2 is 2.18 bits per heavy atom. The first-order valence-electron chi connectivity index (χ1n) is 3.89. The van der Waals surface area contributed by atoms with Crippen molar-refractivity contribution in [1.82, 2.24) is 10.3 Å². The van der Waals surface area contributed by atoms with Crippen molar-refractivity contribution in [3.63, 3.8) is 0 Å². The van der Waals surface area contributed by atoms with Crippen LogP contribution in [0.3, 0.4) is 0 Å². The Morgan fingerprint density at radius 3 is 2.55 bits per heavy atom. The van der Waals surface area contributed by atoms with Crippen LogP contribution in [0.5, 0.6) is 0 Å². The van der Waals surface area contributed by atoms with E-state index in [0.717, 1.165) is 13.2 Å². The first-order valence-corrected chi connectivity index (χ1v) is 3.89. The maximum Gasteiger partial charge on any atom is 0.0645 e. The number of hydrazine groups is 1. The van der Waals surface area contributed by atoms with Gasteiger partial charge in [0, 0.05) is 13.2 Å². The third kappa shape index (κ3) is 6.25. The Morgan fingerprint density at radius 1 is 1.55 bits per heavy atom. The summed E-state index contributed by atoms with van der Waals surface area (Å²) in [6.45, 7) is 4.29. The highest BCUT2D eigenvalue weighted by Gasteiger charge is 2.06. The molecule has 0 saturated carbocycles. The second-order valence-electron chi connectivity index (χ2n) is 2.79. The molecule has 0 bridgehead atoms. The second kappa shape index (κ2) is 6.54. The van der Waals surface area contributed by atoms with Gasteiger partial charge in [0.2, 0.25) is 0 Å². The highest BCUT2D eigenvalue weighted by molar-refractivity contribution is 4.64. The lowest BCUT2D eigenvalue weighted by Crippen LogP contribution is -2.45. The molecule has 3 N–H and O–H groups in total. The van der Waals surface area contributed by atoms with Gasteiger partial charge in [0.1, 0.15) is 0 Å². The van der Waals surface area contributed by atoms with E-state index < -0.39 is 0 Å². The third-order valence-electron chi connectivity index (χ3n) is 1.34. The Labute approximate surface area is 68.7 Å². The summed E-state index contributed by atoms with van der Waals surface area (Å²) >= 11 is 0. The summed E-state index contributed by atoms with van der Waals surface area (Å²) in [5, 5.41) is 0. The topological polar surface area (TPSA) is 50.5 Å². The van der Waals surface area contributed by atoms with Crippen LogP contribution in [-0.2, 0) is 4.74 Å². The predicted octanol–water partition coefficient (Wildman–Crippen LogP) is -0.584. The molecule has 0 aliphatic carbocycles. The molecule has 0 spiro atoms. The maximum absolute atomic E-state index is 5.31. The van der Waals surface area contributed by atoms with Crippen molar-refractivity contribution in [3.05, 3.63) is 0 Å². The summed E-state index contributed by atoms with van der Waals surface area (Å²) in [4.78, 5) is 2.07. The number of likely N-dealkylation sites (N-methyl/N-ethyl adjacent to an activating group) is 1. The minimum Gasteiger partial charge on any atom is -0.380 e. The van der Waals surface area contributed by atoms with E-state index in [2.05, 4.69) is 10.3 Å². The first-order chi connectivity index (χ1) is 5.20. The average Bonchev–Trinajstić information content (AvgIpc) is 1.97. The van der Waals surface area contributed by atoms with Crippen LogP contribution in [0.1, 0.15) is 6.92 Å². The molecule has 0 amide bonds. The lowest BCUT2D eigenvalue weighted by atomic mass is 10.3. The van der Waals surface area contributed by atoms with Gasteiger partial charge in [-0.1, -0.05) is 0 Å². The van der Waals surface area contributed by atoms with E-state index in [4.69, 9.17) is 10.6 Å². The van der Waals surface area contributed by atoms with Gasteiger partial charge >= 0.3 is 0 Å². The van der Waals surface area contributed by atoms with Gasteiger partial charge in [0.15, 0.2) is 0 Å². The van der Waals surface area contributed by atoms with E-state index in [9.17, 15) is 0 Å². The number of rotatable bonds is 6. The molecule has 0 aromatic carbocycles. The molecule has 0 aliphatic rings. The highest BCUT2D eigenvalue weighted by Crippen LogP contribution is 1.86. The summed E-state index contributed by atoms with van der Waals surface area (Å²) < 4.78 is 5.22. The summed E-state index contributed by atoms with van der Waals surface area (Å²) in [7, 11) is 4.02. The molecule has 4 nitrogen and oxygen atoms in total. The Bertz CT molecular complexity index is 87.8. The molecule has 11 heavy (non-hydrogen) atoms. The van der Waals surface area contributed by atoms with Crippen LogP contribution in [0.4, 0.5) is 0 Å². The minimum absolute atomic E-state index is 0.227. The average molecular weight is 161 g/mol. The molecular weight excluding hydrogens is 142 g/mol. The lowest BCUT2D eigenvalue weighted by molar-refractivity contribution is 0.113. The Balaban J connectivity index is 3.41. The number of nitrogens with one attached hydrogen (secondary N) is 1. The van der Waals surface area contributed by atoms with Crippen LogP contribution in [0, 0.1) is 0 Å². The van der Waals surface area contributed by atoms with Crippen molar-refractivity contribution >= 4 is 0 Å². The number of hydrogen-bond acceptors (Lipinski definition) is 4. The molecule has 0 radical (unpaired) electrons. The number of nitrogens with two attached hydrogens (primary N) is 1. The minimum atomic E-state index is 0.227. The van der Waals surface area contributed by atoms with Crippen LogP contribution in [0.15, 0.2) is 0 Å². The van der Waals surface area contributed by atoms with Crippen LogP contribution in [-0.4, -0.2) is 44.8 Å². The molecule has 0 saturated heterocycles. The van der Waals surface area contributed by atoms with E-state index >= 15 is 0 Å². The van der Waals surface area contributed by atoms with E-state index in [1.165, 1.54) is 0 Å². The summed E-state index contributed by atoms with van der Waals surface area (Å²) in [6.07, 6.45) is 0. The van der Waals surface area contributed by atoms with Crippen molar-refractivity contribution in [1.29, 1.82) is 0 Å². The monoisotopic (exact) mass is 161 g/mol. The predicted molar refractivity (Wildman–Crippen MR) is 46.2 cm³/mol. The van der Waals surface area contributed by atoms with Gasteiger partial charge in [-0.25, -0.2) is 0 Å². The molecule has 1 unspecified atom stereocenters. The van der Waals surface area contributed by atoms with Crippen LogP contribution in [0.2, 0.25) is 0 Å². The van der Waals surface area contributed by atoms with E-state index in [1.54, 1.807) is 0 Å².